The van der Waals surface area contributed by atoms with Crippen LogP contribution in [-0.4, -0.2) is 51.7 Å². The van der Waals surface area contributed by atoms with Crippen molar-refractivity contribution >= 4 is 17.5 Å². The van der Waals surface area contributed by atoms with E-state index in [4.69, 9.17) is 11.6 Å². The summed E-state index contributed by atoms with van der Waals surface area (Å²) in [5.41, 5.74) is 1.12. The van der Waals surface area contributed by atoms with Gasteiger partial charge in [-0.3, -0.25) is 14.4 Å². The topological polar surface area (TPSA) is 41.4 Å². The Morgan fingerprint density at radius 2 is 2.12 bits per heavy atom. The van der Waals surface area contributed by atoms with Crippen LogP contribution in [0.3, 0.4) is 0 Å². The number of carbonyl (C=O) groups excluding carboxylic acids is 1. The van der Waals surface area contributed by atoms with Gasteiger partial charge in [0.1, 0.15) is 5.82 Å². The van der Waals surface area contributed by atoms with E-state index in [0.717, 1.165) is 13.0 Å². The molecule has 1 aliphatic heterocycles. The van der Waals surface area contributed by atoms with E-state index in [-0.39, 0.29) is 11.7 Å². The summed E-state index contributed by atoms with van der Waals surface area (Å²) in [5.74, 6) is -0.288. The largest absolute Gasteiger partial charge is 0.337 e. The summed E-state index contributed by atoms with van der Waals surface area (Å²) >= 11 is 6.11. The average molecular weight is 351 g/mol. The lowest BCUT2D eigenvalue weighted by atomic mass is 10.2. The van der Waals surface area contributed by atoms with E-state index in [1.54, 1.807) is 36.3 Å². The first-order chi connectivity index (χ1) is 11.5. The summed E-state index contributed by atoms with van der Waals surface area (Å²) in [6.45, 7) is 3.26. The fourth-order valence-corrected chi connectivity index (χ4v) is 3.18. The number of carbonyl (C=O) groups is 1. The molecule has 128 valence electrons. The highest BCUT2D eigenvalue weighted by Crippen LogP contribution is 2.21. The molecule has 0 N–H and O–H groups in total. The van der Waals surface area contributed by atoms with Gasteiger partial charge in [-0.15, -0.1) is 0 Å². The highest BCUT2D eigenvalue weighted by Gasteiger charge is 2.22. The Kier molecular flexibility index (Phi) is 5.16. The van der Waals surface area contributed by atoms with E-state index in [2.05, 4.69) is 10.00 Å². The summed E-state index contributed by atoms with van der Waals surface area (Å²) in [6.07, 6.45) is 4.16. The molecule has 0 spiro atoms. The molecular formula is C17H20ClFN4O. The zero-order chi connectivity index (χ0) is 17.1. The van der Waals surface area contributed by atoms with Crippen LogP contribution in [0.2, 0.25) is 5.02 Å². The van der Waals surface area contributed by atoms with Gasteiger partial charge < -0.3 is 4.90 Å². The predicted molar refractivity (Wildman–Crippen MR) is 90.4 cm³/mol. The Bertz CT molecular complexity index is 713. The molecule has 2 heterocycles. The van der Waals surface area contributed by atoms with Gasteiger partial charge in [0.05, 0.1) is 11.8 Å². The van der Waals surface area contributed by atoms with Gasteiger partial charge in [-0.2, -0.15) is 5.10 Å². The molecule has 1 aromatic heterocycles. The Hall–Kier alpha value is -1.92. The minimum atomic E-state index is -0.282. The van der Waals surface area contributed by atoms with Crippen LogP contribution in [0.4, 0.5) is 4.39 Å². The van der Waals surface area contributed by atoms with Crippen LogP contribution in [0.5, 0.6) is 0 Å². The third kappa shape index (κ3) is 3.76. The van der Waals surface area contributed by atoms with Crippen molar-refractivity contribution in [2.24, 2.45) is 7.05 Å². The van der Waals surface area contributed by atoms with Crippen molar-refractivity contribution in [3.8, 4) is 0 Å². The second-order valence-electron chi connectivity index (χ2n) is 6.02. The van der Waals surface area contributed by atoms with Crippen molar-refractivity contribution in [1.82, 2.24) is 19.6 Å². The lowest BCUT2D eigenvalue weighted by molar-refractivity contribution is 0.0761. The smallest absolute Gasteiger partial charge is 0.257 e. The Morgan fingerprint density at radius 1 is 1.29 bits per heavy atom. The zero-order valence-electron chi connectivity index (χ0n) is 13.6. The number of aryl methyl sites for hydroxylation is 1. The lowest BCUT2D eigenvalue weighted by Crippen LogP contribution is -2.35. The molecule has 24 heavy (non-hydrogen) atoms. The quantitative estimate of drug-likeness (QED) is 0.854. The second-order valence-corrected chi connectivity index (χ2v) is 6.43. The van der Waals surface area contributed by atoms with Crippen LogP contribution >= 0.6 is 11.6 Å². The molecule has 0 saturated carbocycles. The summed E-state index contributed by atoms with van der Waals surface area (Å²) in [5, 5.41) is 4.50. The molecule has 3 rings (SSSR count). The SMILES string of the molecule is Cn1cc(C(=O)N2CCCN(Cc3c(F)cccc3Cl)CC2)cn1. The maximum atomic E-state index is 14.0. The number of hydrogen-bond donors (Lipinski definition) is 0. The van der Waals surface area contributed by atoms with Crippen LogP contribution in [-0.2, 0) is 13.6 Å². The first-order valence-corrected chi connectivity index (χ1v) is 8.35. The minimum Gasteiger partial charge on any atom is -0.337 e. The maximum absolute atomic E-state index is 14.0. The third-order valence-corrected chi connectivity index (χ3v) is 4.63. The number of amides is 1. The van der Waals surface area contributed by atoms with Crippen molar-refractivity contribution in [3.63, 3.8) is 0 Å². The van der Waals surface area contributed by atoms with Gasteiger partial charge in [-0.25, -0.2) is 4.39 Å². The van der Waals surface area contributed by atoms with Gasteiger partial charge in [0.2, 0.25) is 0 Å². The standard InChI is InChI=1S/C17H20ClFN4O/c1-21-11-13(10-20-21)17(24)23-7-3-6-22(8-9-23)12-14-15(18)4-2-5-16(14)19/h2,4-5,10-11H,3,6-9,12H2,1H3. The molecule has 1 fully saturated rings. The fourth-order valence-electron chi connectivity index (χ4n) is 2.95. The van der Waals surface area contributed by atoms with Crippen LogP contribution in [0.1, 0.15) is 22.3 Å². The van der Waals surface area contributed by atoms with Gasteiger partial charge in [0, 0.05) is 56.6 Å². The van der Waals surface area contributed by atoms with Crippen molar-refractivity contribution in [2.45, 2.75) is 13.0 Å². The molecule has 1 saturated heterocycles. The maximum Gasteiger partial charge on any atom is 0.257 e. The Balaban J connectivity index is 1.64. The normalized spacial score (nSPS) is 16.2. The molecular weight excluding hydrogens is 331 g/mol. The van der Waals surface area contributed by atoms with Crippen molar-refractivity contribution < 1.29 is 9.18 Å². The molecule has 1 amide bonds. The summed E-state index contributed by atoms with van der Waals surface area (Å²) < 4.78 is 15.6. The van der Waals surface area contributed by atoms with E-state index in [9.17, 15) is 9.18 Å². The molecule has 0 atom stereocenters. The van der Waals surface area contributed by atoms with Gasteiger partial charge in [-0.05, 0) is 18.6 Å². The highest BCUT2D eigenvalue weighted by molar-refractivity contribution is 6.31. The second kappa shape index (κ2) is 7.32. The van der Waals surface area contributed by atoms with E-state index in [1.165, 1.54) is 6.07 Å². The molecule has 0 aliphatic carbocycles. The number of benzene rings is 1. The van der Waals surface area contributed by atoms with Gasteiger partial charge in [0.25, 0.3) is 5.91 Å². The van der Waals surface area contributed by atoms with Crippen LogP contribution in [0.25, 0.3) is 0 Å². The first kappa shape index (κ1) is 16.9. The third-order valence-electron chi connectivity index (χ3n) is 4.27. The summed E-state index contributed by atoms with van der Waals surface area (Å²) in [7, 11) is 1.79. The Morgan fingerprint density at radius 3 is 2.83 bits per heavy atom. The molecule has 5 nitrogen and oxygen atoms in total. The monoisotopic (exact) mass is 350 g/mol. The van der Waals surface area contributed by atoms with E-state index >= 15 is 0 Å². The first-order valence-electron chi connectivity index (χ1n) is 7.98. The number of aromatic nitrogens is 2. The molecule has 1 aliphatic rings. The van der Waals surface area contributed by atoms with E-state index < -0.39 is 0 Å². The minimum absolute atomic E-state index is 0.00567. The molecule has 7 heteroatoms. The summed E-state index contributed by atoms with van der Waals surface area (Å²) in [4.78, 5) is 16.5. The lowest BCUT2D eigenvalue weighted by Gasteiger charge is -2.22. The molecule has 1 aromatic carbocycles. The molecule has 0 bridgehead atoms. The van der Waals surface area contributed by atoms with Crippen molar-refractivity contribution in [3.05, 3.63) is 52.6 Å². The van der Waals surface area contributed by atoms with E-state index in [1.807, 2.05) is 4.90 Å². The Labute approximate surface area is 145 Å². The number of nitrogens with zero attached hydrogens (tertiary/aromatic N) is 4. The van der Waals surface area contributed by atoms with Crippen molar-refractivity contribution in [2.75, 3.05) is 26.2 Å². The van der Waals surface area contributed by atoms with Crippen LogP contribution in [0, 0.1) is 5.82 Å². The zero-order valence-corrected chi connectivity index (χ0v) is 14.3. The summed E-state index contributed by atoms with van der Waals surface area (Å²) in [6, 6.07) is 4.74. The number of halogens is 2. The van der Waals surface area contributed by atoms with Crippen molar-refractivity contribution in [1.29, 1.82) is 0 Å². The fraction of sp³-hybridized carbons (Fsp3) is 0.412. The average Bonchev–Trinajstić information content (AvgIpc) is 2.85. The molecule has 0 unspecified atom stereocenters. The van der Waals surface area contributed by atoms with Gasteiger partial charge in [0.15, 0.2) is 0 Å². The number of hydrogen-bond acceptors (Lipinski definition) is 3. The highest BCUT2D eigenvalue weighted by atomic mass is 35.5. The predicted octanol–water partition coefficient (Wildman–Crippen LogP) is 2.56. The van der Waals surface area contributed by atoms with Crippen LogP contribution in [0.15, 0.2) is 30.6 Å². The van der Waals surface area contributed by atoms with Gasteiger partial charge >= 0.3 is 0 Å². The van der Waals surface area contributed by atoms with E-state index in [0.29, 0.717) is 42.3 Å². The molecule has 0 radical (unpaired) electrons. The number of rotatable bonds is 3. The van der Waals surface area contributed by atoms with Crippen LogP contribution < -0.4 is 0 Å². The van der Waals surface area contributed by atoms with Gasteiger partial charge in [-0.1, -0.05) is 17.7 Å². The molecule has 2 aromatic rings.